The SMILES string of the molecule is [Ag].[GaH3].[SeH2].[SiH4]. The van der Waals surface area contributed by atoms with Gasteiger partial charge in [0, 0.05) is 22.4 Å². The molecule has 0 bridgehead atoms. The van der Waals surface area contributed by atoms with Crippen LogP contribution in [0, 0.1) is 0 Å². The molecule has 0 heterocycles. The van der Waals surface area contributed by atoms with Crippen LogP contribution < -0.4 is 0 Å². The molecule has 0 unspecified atom stereocenters. The number of hydrogen-bond donors (Lipinski definition) is 0. The summed E-state index contributed by atoms with van der Waals surface area (Å²) >= 11 is 0. The standard InChI is InChI=1S/Ag.Ga.H2Se.H4Si.3H/h;;1H2;1H4;;;. The minimum atomic E-state index is 0. The van der Waals surface area contributed by atoms with Crippen molar-refractivity contribution < 1.29 is 22.4 Å². The van der Waals surface area contributed by atoms with Gasteiger partial charge in [-0.1, -0.05) is 0 Å². The van der Waals surface area contributed by atoms with Crippen molar-refractivity contribution in [2.45, 2.75) is 0 Å². The Morgan fingerprint density at radius 2 is 1.00 bits per heavy atom. The van der Waals surface area contributed by atoms with Crippen LogP contribution in [0.3, 0.4) is 0 Å². The number of hydrogen-bond acceptors (Lipinski definition) is 0. The predicted octanol–water partition coefficient (Wildman–Crippen LogP) is -3.55. The third kappa shape index (κ3) is 8.93. The number of rotatable bonds is 0. The van der Waals surface area contributed by atoms with Gasteiger partial charge in [-0.15, -0.1) is 0 Å². The molecule has 0 spiro atoms. The van der Waals surface area contributed by atoms with Crippen molar-refractivity contribution in [3.05, 3.63) is 0 Å². The average Bonchev–Trinajstić information content (AvgIpc) is 0. The van der Waals surface area contributed by atoms with Gasteiger partial charge >= 0.3 is 36.9 Å². The van der Waals surface area contributed by atoms with Gasteiger partial charge in [-0.05, 0) is 11.0 Å². The summed E-state index contributed by atoms with van der Waals surface area (Å²) in [6.07, 6.45) is 0. The Morgan fingerprint density at radius 3 is 1.00 bits per heavy atom. The van der Waals surface area contributed by atoms with Crippen LogP contribution >= 0.6 is 0 Å². The first-order valence-corrected chi connectivity index (χ1v) is 0. The summed E-state index contributed by atoms with van der Waals surface area (Å²) in [7, 11) is 0. The van der Waals surface area contributed by atoms with Crippen molar-refractivity contribution in [1.82, 2.24) is 0 Å². The van der Waals surface area contributed by atoms with Gasteiger partial charge in [-0.25, -0.2) is 0 Å². The summed E-state index contributed by atoms with van der Waals surface area (Å²) in [6, 6.07) is 0. The fourth-order valence-corrected chi connectivity index (χ4v) is 0. The molecule has 0 aliphatic heterocycles. The first-order chi connectivity index (χ1) is 0. The van der Waals surface area contributed by atoms with Crippen LogP contribution in [0.15, 0.2) is 0 Å². The maximum atomic E-state index is 0. The molecular weight excluding hydrogens is 285 g/mol. The molecular formula is H9AgGaSeSi. The Kier molecular flexibility index (Phi) is 173. The van der Waals surface area contributed by atoms with Gasteiger partial charge in [0.05, 0.1) is 0 Å². The van der Waals surface area contributed by atoms with Crippen LogP contribution in [-0.2, 0) is 22.4 Å². The van der Waals surface area contributed by atoms with E-state index in [0.29, 0.717) is 0 Å². The van der Waals surface area contributed by atoms with Gasteiger partial charge < -0.3 is 0 Å². The average molecular weight is 294 g/mol. The van der Waals surface area contributed by atoms with Gasteiger partial charge in [0.15, 0.2) is 0 Å². The summed E-state index contributed by atoms with van der Waals surface area (Å²) in [4.78, 5) is 0. The van der Waals surface area contributed by atoms with Crippen molar-refractivity contribution in [2.75, 3.05) is 0 Å². The van der Waals surface area contributed by atoms with Crippen LogP contribution in [0.25, 0.3) is 0 Å². The van der Waals surface area contributed by atoms with Crippen molar-refractivity contribution in [3.63, 3.8) is 0 Å². The second-order valence-corrected chi connectivity index (χ2v) is 0. The van der Waals surface area contributed by atoms with Crippen molar-refractivity contribution >= 4 is 47.8 Å². The molecule has 0 aromatic rings. The van der Waals surface area contributed by atoms with Crippen LogP contribution in [0.5, 0.6) is 0 Å². The molecule has 0 N–H and O–H groups in total. The third-order valence-corrected chi connectivity index (χ3v) is 0. The van der Waals surface area contributed by atoms with Gasteiger partial charge in [0.1, 0.15) is 0 Å². The largest absolute Gasteiger partial charge is 0.0149 e. The topological polar surface area (TPSA) is 0 Å². The fourth-order valence-electron chi connectivity index (χ4n) is 0. The Morgan fingerprint density at radius 1 is 1.00 bits per heavy atom. The molecule has 33 valence electrons. The summed E-state index contributed by atoms with van der Waals surface area (Å²) < 4.78 is 0. The Labute approximate surface area is 69.6 Å². The van der Waals surface area contributed by atoms with E-state index in [9.17, 15) is 0 Å². The van der Waals surface area contributed by atoms with Crippen LogP contribution in [-0.4, -0.2) is 47.8 Å². The zero-order valence-corrected chi connectivity index (χ0v) is 4.38. The molecule has 0 aromatic heterocycles. The normalized spacial score (nSPS) is 0. The monoisotopic (exact) mass is 293 g/mol. The summed E-state index contributed by atoms with van der Waals surface area (Å²) in [6.45, 7) is 0. The molecule has 0 saturated carbocycles. The smallest absolute Gasteiger partial charge is 0.0149 e. The van der Waals surface area contributed by atoms with Gasteiger partial charge in [-0.2, -0.15) is 0 Å². The molecule has 0 amide bonds. The molecule has 0 rings (SSSR count). The molecule has 0 nitrogen and oxygen atoms in total. The molecule has 0 saturated heterocycles. The molecule has 0 fully saturated rings. The van der Waals surface area contributed by atoms with Crippen LogP contribution in [0.2, 0.25) is 0 Å². The first kappa shape index (κ1) is 35.8. The summed E-state index contributed by atoms with van der Waals surface area (Å²) in [5.74, 6) is 0. The fraction of sp³-hybridized carbons (Fsp3) is 0. The molecule has 4 heteroatoms. The zero-order valence-electron chi connectivity index (χ0n) is 0.802. The maximum absolute atomic E-state index is 0. The van der Waals surface area contributed by atoms with Gasteiger partial charge in [-0.3, -0.25) is 0 Å². The Bertz CT molecular complexity index is 8.00. The Balaban J connectivity index is 0. The van der Waals surface area contributed by atoms with Crippen molar-refractivity contribution in [1.29, 1.82) is 0 Å². The van der Waals surface area contributed by atoms with E-state index in [2.05, 4.69) is 0 Å². The second-order valence-electron chi connectivity index (χ2n) is 0. The van der Waals surface area contributed by atoms with Crippen molar-refractivity contribution in [2.24, 2.45) is 0 Å². The maximum Gasteiger partial charge on any atom is -0.0149 e. The van der Waals surface area contributed by atoms with Crippen molar-refractivity contribution in [3.8, 4) is 0 Å². The van der Waals surface area contributed by atoms with E-state index in [4.69, 9.17) is 0 Å². The minimum Gasteiger partial charge on any atom is -0.0149 e. The van der Waals surface area contributed by atoms with E-state index in [1.165, 1.54) is 0 Å². The molecule has 0 aliphatic carbocycles. The quantitative estimate of drug-likeness (QED) is 0.406. The zero-order chi connectivity index (χ0) is 0. The summed E-state index contributed by atoms with van der Waals surface area (Å²) in [5, 5.41) is 0. The van der Waals surface area contributed by atoms with E-state index in [1.54, 1.807) is 0 Å². The molecule has 0 atom stereocenters. The molecule has 0 aromatic carbocycles. The first-order valence-electron chi connectivity index (χ1n) is 0. The van der Waals surface area contributed by atoms with E-state index in [-0.39, 0.29) is 70.2 Å². The minimum absolute atomic E-state index is 0. The van der Waals surface area contributed by atoms with E-state index in [0.717, 1.165) is 0 Å². The van der Waals surface area contributed by atoms with E-state index < -0.39 is 0 Å². The third-order valence-electron chi connectivity index (χ3n) is 0. The summed E-state index contributed by atoms with van der Waals surface area (Å²) in [5.41, 5.74) is 0. The van der Waals surface area contributed by atoms with E-state index in [1.807, 2.05) is 0 Å². The Hall–Kier alpha value is 2.11. The molecule has 4 heavy (non-hydrogen) atoms. The predicted molar refractivity (Wildman–Crippen MR) is 29.8 cm³/mol. The molecule has 0 aliphatic rings. The second kappa shape index (κ2) is 19.4. The van der Waals surface area contributed by atoms with Crippen LogP contribution in [0.4, 0.5) is 0 Å². The van der Waals surface area contributed by atoms with Crippen LogP contribution in [0.1, 0.15) is 0 Å². The van der Waals surface area contributed by atoms with Gasteiger partial charge in [0.25, 0.3) is 0 Å². The molecule has 1 radical (unpaired) electrons. The van der Waals surface area contributed by atoms with E-state index >= 15 is 0 Å². The van der Waals surface area contributed by atoms with Gasteiger partial charge in [0.2, 0.25) is 0 Å².